The van der Waals surface area contributed by atoms with Crippen LogP contribution in [0.15, 0.2) is 36.3 Å². The van der Waals surface area contributed by atoms with E-state index in [1.54, 1.807) is 31.2 Å². The van der Waals surface area contributed by atoms with Crippen LogP contribution < -0.4 is 20.5 Å². The summed E-state index contributed by atoms with van der Waals surface area (Å²) in [6.07, 6.45) is 1.61. The SMILES string of the molecule is CCC(NC(=O)C1=COc2ccccc2O1)(C(N)=O)C(C)C. The van der Waals surface area contributed by atoms with Crippen molar-refractivity contribution >= 4 is 11.8 Å². The first kappa shape index (κ1) is 15.9. The van der Waals surface area contributed by atoms with Gasteiger partial charge in [-0.2, -0.15) is 0 Å². The molecular weight excluding hydrogens is 284 g/mol. The summed E-state index contributed by atoms with van der Waals surface area (Å²) in [6, 6.07) is 7.00. The summed E-state index contributed by atoms with van der Waals surface area (Å²) in [5.41, 5.74) is 4.37. The second kappa shape index (κ2) is 6.09. The minimum Gasteiger partial charge on any atom is -0.457 e. The molecule has 1 aliphatic rings. The van der Waals surface area contributed by atoms with Crippen molar-refractivity contribution < 1.29 is 19.1 Å². The topological polar surface area (TPSA) is 90.7 Å². The number of carbonyl (C=O) groups is 2. The largest absolute Gasteiger partial charge is 0.457 e. The summed E-state index contributed by atoms with van der Waals surface area (Å²) in [4.78, 5) is 24.2. The van der Waals surface area contributed by atoms with Gasteiger partial charge < -0.3 is 20.5 Å². The van der Waals surface area contributed by atoms with Crippen LogP contribution in [-0.2, 0) is 9.59 Å². The number of carbonyl (C=O) groups excluding carboxylic acids is 2. The van der Waals surface area contributed by atoms with Crippen molar-refractivity contribution in [2.24, 2.45) is 11.7 Å². The number of hydrogen-bond donors (Lipinski definition) is 2. The Labute approximate surface area is 129 Å². The standard InChI is InChI=1S/C16H20N2O4/c1-4-16(10(2)3,15(17)20)18-14(19)13-9-21-11-7-5-6-8-12(11)22-13/h5-10H,4H2,1-3H3,(H2,17,20)(H,18,19). The molecule has 2 rings (SSSR count). The van der Waals surface area contributed by atoms with Gasteiger partial charge in [0.1, 0.15) is 11.8 Å². The zero-order valence-corrected chi connectivity index (χ0v) is 12.9. The number of nitrogens with one attached hydrogen (secondary N) is 1. The Morgan fingerprint density at radius 3 is 2.45 bits per heavy atom. The van der Waals surface area contributed by atoms with Gasteiger partial charge in [0.2, 0.25) is 11.7 Å². The van der Waals surface area contributed by atoms with E-state index in [0.717, 1.165) is 0 Å². The van der Waals surface area contributed by atoms with Crippen LogP contribution >= 0.6 is 0 Å². The summed E-state index contributed by atoms with van der Waals surface area (Å²) >= 11 is 0. The molecule has 0 aromatic heterocycles. The second-order valence-corrected chi connectivity index (χ2v) is 5.45. The van der Waals surface area contributed by atoms with Crippen LogP contribution in [0, 0.1) is 5.92 Å². The molecule has 1 unspecified atom stereocenters. The van der Waals surface area contributed by atoms with E-state index in [0.29, 0.717) is 17.9 Å². The Morgan fingerprint density at radius 2 is 1.91 bits per heavy atom. The van der Waals surface area contributed by atoms with Crippen molar-refractivity contribution in [2.75, 3.05) is 0 Å². The molecule has 3 N–H and O–H groups in total. The van der Waals surface area contributed by atoms with E-state index in [9.17, 15) is 9.59 Å². The van der Waals surface area contributed by atoms with Gasteiger partial charge in [-0.1, -0.05) is 32.9 Å². The molecule has 1 atom stereocenters. The fraction of sp³-hybridized carbons (Fsp3) is 0.375. The van der Waals surface area contributed by atoms with Gasteiger partial charge in [0.15, 0.2) is 11.5 Å². The van der Waals surface area contributed by atoms with Crippen LogP contribution in [0.25, 0.3) is 0 Å². The molecule has 0 spiro atoms. The highest BCUT2D eigenvalue weighted by atomic mass is 16.6. The first-order chi connectivity index (χ1) is 10.4. The Balaban J connectivity index is 2.19. The van der Waals surface area contributed by atoms with Crippen LogP contribution in [0.3, 0.4) is 0 Å². The van der Waals surface area contributed by atoms with Crippen LogP contribution in [0.4, 0.5) is 0 Å². The molecule has 0 radical (unpaired) electrons. The highest BCUT2D eigenvalue weighted by molar-refractivity contribution is 5.97. The maximum Gasteiger partial charge on any atom is 0.291 e. The maximum absolute atomic E-state index is 12.4. The van der Waals surface area contributed by atoms with E-state index in [1.165, 1.54) is 6.26 Å². The van der Waals surface area contributed by atoms with Crippen molar-refractivity contribution in [2.45, 2.75) is 32.7 Å². The monoisotopic (exact) mass is 304 g/mol. The van der Waals surface area contributed by atoms with Crippen molar-refractivity contribution in [1.82, 2.24) is 5.32 Å². The third-order valence-corrected chi connectivity index (χ3v) is 3.91. The number of benzene rings is 1. The fourth-order valence-corrected chi connectivity index (χ4v) is 2.42. The quantitative estimate of drug-likeness (QED) is 0.866. The minimum absolute atomic E-state index is 0.0153. The molecule has 1 aromatic rings. The summed E-state index contributed by atoms with van der Waals surface area (Å²) < 4.78 is 10.9. The number of primary amides is 1. The number of fused-ring (bicyclic) bond motifs is 1. The van der Waals surface area contributed by atoms with Gasteiger partial charge in [0, 0.05) is 0 Å². The Bertz CT molecular complexity index is 624. The molecule has 6 heteroatoms. The highest BCUT2D eigenvalue weighted by Gasteiger charge is 2.41. The van der Waals surface area contributed by atoms with E-state index in [4.69, 9.17) is 15.2 Å². The van der Waals surface area contributed by atoms with Gasteiger partial charge in [-0.25, -0.2) is 0 Å². The van der Waals surface area contributed by atoms with Crippen molar-refractivity contribution in [3.8, 4) is 11.5 Å². The third kappa shape index (κ3) is 2.77. The first-order valence-corrected chi connectivity index (χ1v) is 7.17. The number of hydrogen-bond acceptors (Lipinski definition) is 4. The number of ether oxygens (including phenoxy) is 2. The smallest absolute Gasteiger partial charge is 0.291 e. The molecule has 1 aromatic carbocycles. The lowest BCUT2D eigenvalue weighted by Crippen LogP contribution is -2.61. The maximum atomic E-state index is 12.4. The van der Waals surface area contributed by atoms with Crippen molar-refractivity contribution in [3.63, 3.8) is 0 Å². The molecular formula is C16H20N2O4. The number of amides is 2. The molecule has 6 nitrogen and oxygen atoms in total. The summed E-state index contributed by atoms with van der Waals surface area (Å²) in [5.74, 6) is -0.310. The first-order valence-electron chi connectivity index (χ1n) is 7.17. The van der Waals surface area contributed by atoms with Gasteiger partial charge in [-0.05, 0) is 24.5 Å². The minimum atomic E-state index is -1.13. The fourth-order valence-electron chi connectivity index (χ4n) is 2.42. The second-order valence-electron chi connectivity index (χ2n) is 5.45. The molecule has 0 saturated carbocycles. The average Bonchev–Trinajstić information content (AvgIpc) is 2.51. The lowest BCUT2D eigenvalue weighted by atomic mass is 9.83. The number of nitrogens with two attached hydrogens (primary N) is 1. The van der Waals surface area contributed by atoms with E-state index in [-0.39, 0.29) is 11.7 Å². The van der Waals surface area contributed by atoms with Gasteiger partial charge in [0.25, 0.3) is 5.91 Å². The van der Waals surface area contributed by atoms with Gasteiger partial charge >= 0.3 is 0 Å². The van der Waals surface area contributed by atoms with Crippen LogP contribution in [0.5, 0.6) is 11.5 Å². The van der Waals surface area contributed by atoms with Crippen LogP contribution in [0.1, 0.15) is 27.2 Å². The lowest BCUT2D eigenvalue weighted by Gasteiger charge is -2.34. The summed E-state index contributed by atoms with van der Waals surface area (Å²) in [5, 5.41) is 2.69. The summed E-state index contributed by atoms with van der Waals surface area (Å²) in [7, 11) is 0. The zero-order chi connectivity index (χ0) is 16.3. The molecule has 2 amide bonds. The van der Waals surface area contributed by atoms with Crippen molar-refractivity contribution in [1.29, 1.82) is 0 Å². The van der Waals surface area contributed by atoms with E-state index >= 15 is 0 Å². The number of para-hydroxylation sites is 2. The molecule has 118 valence electrons. The van der Waals surface area contributed by atoms with E-state index < -0.39 is 17.4 Å². The Kier molecular flexibility index (Phi) is 4.40. The molecule has 0 fully saturated rings. The van der Waals surface area contributed by atoms with Gasteiger partial charge in [0.05, 0.1) is 0 Å². The molecule has 1 aliphatic heterocycles. The third-order valence-electron chi connectivity index (χ3n) is 3.91. The predicted octanol–water partition coefficient (Wildman–Crippen LogP) is 1.71. The van der Waals surface area contributed by atoms with Crippen LogP contribution in [0.2, 0.25) is 0 Å². The molecule has 1 heterocycles. The Morgan fingerprint density at radius 1 is 1.27 bits per heavy atom. The zero-order valence-electron chi connectivity index (χ0n) is 12.9. The van der Waals surface area contributed by atoms with E-state index in [1.807, 2.05) is 13.8 Å². The van der Waals surface area contributed by atoms with Crippen LogP contribution in [-0.4, -0.2) is 17.4 Å². The molecule has 0 aliphatic carbocycles. The molecule has 22 heavy (non-hydrogen) atoms. The predicted molar refractivity (Wildman–Crippen MR) is 81.0 cm³/mol. The van der Waals surface area contributed by atoms with Gasteiger partial charge in [-0.15, -0.1) is 0 Å². The number of rotatable bonds is 5. The van der Waals surface area contributed by atoms with E-state index in [2.05, 4.69) is 5.32 Å². The lowest BCUT2D eigenvalue weighted by molar-refractivity contribution is -0.133. The average molecular weight is 304 g/mol. The van der Waals surface area contributed by atoms with Crippen molar-refractivity contribution in [3.05, 3.63) is 36.3 Å². The highest BCUT2D eigenvalue weighted by Crippen LogP contribution is 2.32. The summed E-state index contributed by atoms with van der Waals surface area (Å²) in [6.45, 7) is 5.46. The normalized spacial score (nSPS) is 15.7. The molecule has 0 saturated heterocycles. The van der Waals surface area contributed by atoms with Gasteiger partial charge in [-0.3, -0.25) is 9.59 Å². The molecule has 0 bridgehead atoms. The Hall–Kier alpha value is -2.50.